The molecular weight excluding hydrogens is 336 g/mol. The second kappa shape index (κ2) is 7.53. The minimum absolute atomic E-state index is 0.634. The van der Waals surface area contributed by atoms with Crippen LogP contribution < -0.4 is 5.32 Å². The van der Waals surface area contributed by atoms with E-state index >= 15 is 0 Å². The van der Waals surface area contributed by atoms with Crippen LogP contribution in [-0.2, 0) is 0 Å². The maximum atomic E-state index is 4.83. The van der Waals surface area contributed by atoms with E-state index in [1.165, 1.54) is 0 Å². The fourth-order valence-electron chi connectivity index (χ4n) is 3.05. The average molecular weight is 358 g/mol. The van der Waals surface area contributed by atoms with Gasteiger partial charge in [0, 0.05) is 24.6 Å². The Labute approximate surface area is 158 Å². The second-order valence-corrected chi connectivity index (χ2v) is 6.45. The van der Waals surface area contributed by atoms with Gasteiger partial charge in [-0.15, -0.1) is 0 Å². The quantitative estimate of drug-likeness (QED) is 0.518. The first-order chi connectivity index (χ1) is 13.3. The summed E-state index contributed by atoms with van der Waals surface area (Å²) < 4.78 is 2.05. The Kier molecular flexibility index (Phi) is 4.78. The minimum atomic E-state index is 0.634. The smallest absolute Gasteiger partial charge is 0.223 e. The summed E-state index contributed by atoms with van der Waals surface area (Å²) >= 11 is 0. The Balaban J connectivity index is 1.86. The molecule has 0 saturated heterocycles. The Morgan fingerprint density at radius 1 is 0.963 bits per heavy atom. The van der Waals surface area contributed by atoms with Crippen molar-refractivity contribution in [3.05, 3.63) is 60.6 Å². The number of hydrogen-bond acceptors (Lipinski definition) is 5. The molecule has 136 valence electrons. The zero-order chi connectivity index (χ0) is 18.6. The fourth-order valence-corrected chi connectivity index (χ4v) is 3.05. The van der Waals surface area contributed by atoms with Gasteiger partial charge in [0.05, 0.1) is 11.4 Å². The van der Waals surface area contributed by atoms with Crippen LogP contribution in [0.15, 0.2) is 54.9 Å². The fraction of sp³-hybridized carbons (Fsp3) is 0.238. The summed E-state index contributed by atoms with van der Waals surface area (Å²) in [7, 11) is 0. The standard InChI is InChI=1S/C21H22N6/c1-3-4-12-22-21-23-13-11-17(25-21)20-19(16-9-7-8-15(2)24-16)26-18-10-5-6-14-27(18)20/h5-11,13-14H,3-4,12H2,1-2H3,(H,22,23,25). The number of unbranched alkanes of at least 4 members (excludes halogenated alkanes) is 1. The lowest BCUT2D eigenvalue weighted by Gasteiger charge is -2.08. The zero-order valence-corrected chi connectivity index (χ0v) is 15.6. The van der Waals surface area contributed by atoms with Crippen molar-refractivity contribution in [1.29, 1.82) is 0 Å². The first-order valence-electron chi connectivity index (χ1n) is 9.24. The van der Waals surface area contributed by atoms with Gasteiger partial charge in [0.2, 0.25) is 5.95 Å². The number of pyridine rings is 2. The van der Waals surface area contributed by atoms with Crippen LogP contribution >= 0.6 is 0 Å². The summed E-state index contributed by atoms with van der Waals surface area (Å²) in [5, 5.41) is 3.30. The zero-order valence-electron chi connectivity index (χ0n) is 15.6. The Hall–Kier alpha value is -3.28. The van der Waals surface area contributed by atoms with Crippen LogP contribution in [0.25, 0.3) is 28.4 Å². The highest BCUT2D eigenvalue weighted by Crippen LogP contribution is 2.31. The van der Waals surface area contributed by atoms with E-state index in [0.29, 0.717) is 5.95 Å². The summed E-state index contributed by atoms with van der Waals surface area (Å²) in [5.74, 6) is 0.634. The van der Waals surface area contributed by atoms with Crippen LogP contribution in [0.4, 0.5) is 5.95 Å². The number of anilines is 1. The molecule has 0 atom stereocenters. The van der Waals surface area contributed by atoms with Crippen LogP contribution in [-0.4, -0.2) is 30.9 Å². The molecule has 0 aliphatic rings. The van der Waals surface area contributed by atoms with Gasteiger partial charge in [-0.2, -0.15) is 0 Å². The summed E-state index contributed by atoms with van der Waals surface area (Å²) in [6.07, 6.45) is 6.00. The number of nitrogens with zero attached hydrogens (tertiary/aromatic N) is 5. The molecule has 0 aliphatic carbocycles. The molecule has 0 amide bonds. The topological polar surface area (TPSA) is 68.0 Å². The molecule has 0 bridgehead atoms. The van der Waals surface area contributed by atoms with Crippen molar-refractivity contribution in [2.75, 3.05) is 11.9 Å². The molecule has 6 nitrogen and oxygen atoms in total. The van der Waals surface area contributed by atoms with Gasteiger partial charge >= 0.3 is 0 Å². The van der Waals surface area contributed by atoms with Crippen molar-refractivity contribution in [1.82, 2.24) is 24.3 Å². The van der Waals surface area contributed by atoms with Gasteiger partial charge in [0.1, 0.15) is 17.0 Å². The predicted octanol–water partition coefficient (Wildman–Crippen LogP) is 4.37. The molecule has 27 heavy (non-hydrogen) atoms. The Morgan fingerprint density at radius 3 is 2.74 bits per heavy atom. The molecule has 4 rings (SSSR count). The van der Waals surface area contributed by atoms with E-state index < -0.39 is 0 Å². The number of nitrogens with one attached hydrogen (secondary N) is 1. The molecular formula is C21H22N6. The maximum Gasteiger partial charge on any atom is 0.223 e. The molecule has 0 aliphatic heterocycles. The minimum Gasteiger partial charge on any atom is -0.354 e. The molecule has 0 unspecified atom stereocenters. The van der Waals surface area contributed by atoms with Crippen molar-refractivity contribution in [3.8, 4) is 22.8 Å². The lowest BCUT2D eigenvalue weighted by atomic mass is 10.1. The molecule has 0 fully saturated rings. The lowest BCUT2D eigenvalue weighted by molar-refractivity contribution is 0.826. The first kappa shape index (κ1) is 17.1. The number of imidazole rings is 1. The van der Waals surface area contributed by atoms with Gasteiger partial charge in [-0.05, 0) is 43.7 Å². The van der Waals surface area contributed by atoms with Crippen molar-refractivity contribution < 1.29 is 0 Å². The lowest BCUT2D eigenvalue weighted by Crippen LogP contribution is -2.05. The molecule has 4 heterocycles. The summed E-state index contributed by atoms with van der Waals surface area (Å²) in [4.78, 5) is 18.6. The monoisotopic (exact) mass is 358 g/mol. The SMILES string of the molecule is CCCCNc1nccc(-c2c(-c3cccc(C)n3)nc3ccccn23)n1. The molecule has 1 N–H and O–H groups in total. The van der Waals surface area contributed by atoms with Gasteiger partial charge in [-0.3, -0.25) is 9.38 Å². The van der Waals surface area contributed by atoms with Crippen LogP contribution in [0, 0.1) is 6.92 Å². The third kappa shape index (κ3) is 3.51. The molecule has 6 heteroatoms. The van der Waals surface area contributed by atoms with E-state index in [4.69, 9.17) is 9.97 Å². The Morgan fingerprint density at radius 2 is 1.89 bits per heavy atom. The Bertz CT molecular complexity index is 1070. The van der Waals surface area contributed by atoms with Gasteiger partial charge < -0.3 is 5.32 Å². The van der Waals surface area contributed by atoms with Gasteiger partial charge in [0.15, 0.2) is 0 Å². The molecule has 0 spiro atoms. The number of aromatic nitrogens is 5. The highest BCUT2D eigenvalue weighted by molar-refractivity contribution is 5.79. The normalized spacial score (nSPS) is 11.0. The largest absolute Gasteiger partial charge is 0.354 e. The third-order valence-corrected chi connectivity index (χ3v) is 4.37. The molecule has 0 aromatic carbocycles. The van der Waals surface area contributed by atoms with Crippen LogP contribution in [0.2, 0.25) is 0 Å². The van der Waals surface area contributed by atoms with Gasteiger partial charge in [-0.25, -0.2) is 15.0 Å². The number of fused-ring (bicyclic) bond motifs is 1. The predicted molar refractivity (Wildman–Crippen MR) is 108 cm³/mol. The number of rotatable bonds is 6. The van der Waals surface area contributed by atoms with E-state index in [9.17, 15) is 0 Å². The van der Waals surface area contributed by atoms with Crippen LogP contribution in [0.1, 0.15) is 25.5 Å². The number of hydrogen-bond donors (Lipinski definition) is 1. The average Bonchev–Trinajstić information content (AvgIpc) is 3.08. The van der Waals surface area contributed by atoms with Gasteiger partial charge in [-0.1, -0.05) is 25.5 Å². The van der Waals surface area contributed by atoms with Crippen molar-refractivity contribution in [3.63, 3.8) is 0 Å². The van der Waals surface area contributed by atoms with Crippen molar-refractivity contribution in [2.24, 2.45) is 0 Å². The van der Waals surface area contributed by atoms with E-state index in [0.717, 1.165) is 53.5 Å². The molecule has 0 saturated carbocycles. The third-order valence-electron chi connectivity index (χ3n) is 4.37. The van der Waals surface area contributed by atoms with Crippen LogP contribution in [0.5, 0.6) is 0 Å². The molecule has 4 aromatic rings. The summed E-state index contributed by atoms with van der Waals surface area (Å²) in [6, 6.07) is 13.9. The second-order valence-electron chi connectivity index (χ2n) is 6.45. The summed E-state index contributed by atoms with van der Waals surface area (Å²) in [5.41, 5.74) is 5.23. The van der Waals surface area contributed by atoms with Crippen LogP contribution in [0.3, 0.4) is 0 Å². The molecule has 0 radical (unpaired) electrons. The highest BCUT2D eigenvalue weighted by atomic mass is 15.1. The van der Waals surface area contributed by atoms with E-state index in [1.54, 1.807) is 6.20 Å². The first-order valence-corrected chi connectivity index (χ1v) is 9.24. The van der Waals surface area contributed by atoms with Crippen molar-refractivity contribution in [2.45, 2.75) is 26.7 Å². The van der Waals surface area contributed by atoms with E-state index in [1.807, 2.05) is 55.6 Å². The highest BCUT2D eigenvalue weighted by Gasteiger charge is 2.18. The van der Waals surface area contributed by atoms with E-state index in [2.05, 4.69) is 26.6 Å². The molecule has 4 aromatic heterocycles. The summed E-state index contributed by atoms with van der Waals surface area (Å²) in [6.45, 7) is 5.01. The number of aryl methyl sites for hydroxylation is 1. The van der Waals surface area contributed by atoms with E-state index in [-0.39, 0.29) is 0 Å². The van der Waals surface area contributed by atoms with Crippen molar-refractivity contribution >= 4 is 11.6 Å². The van der Waals surface area contributed by atoms with Gasteiger partial charge in [0.25, 0.3) is 0 Å². The maximum absolute atomic E-state index is 4.83.